The standard InChI is InChI=1S/C14H22N4O/c1-2-8-15-12-6-5-7-13(17-12)16-11-14(19)18-9-3-4-10-18/h5-7H,2-4,8-11H2,1H3,(H2,15,16,17). The fourth-order valence-electron chi connectivity index (χ4n) is 2.13. The van der Waals surface area contributed by atoms with E-state index in [1.165, 1.54) is 0 Å². The summed E-state index contributed by atoms with van der Waals surface area (Å²) in [5.41, 5.74) is 0. The second-order valence-corrected chi connectivity index (χ2v) is 4.78. The lowest BCUT2D eigenvalue weighted by atomic mass is 10.4. The molecule has 1 saturated heterocycles. The Hall–Kier alpha value is -1.78. The molecule has 0 aromatic carbocycles. The van der Waals surface area contributed by atoms with Crippen molar-refractivity contribution in [1.82, 2.24) is 9.88 Å². The first-order valence-corrected chi connectivity index (χ1v) is 7.02. The summed E-state index contributed by atoms with van der Waals surface area (Å²) in [7, 11) is 0. The summed E-state index contributed by atoms with van der Waals surface area (Å²) in [5, 5.41) is 6.33. The molecule has 19 heavy (non-hydrogen) atoms. The van der Waals surface area contributed by atoms with E-state index in [-0.39, 0.29) is 5.91 Å². The fraction of sp³-hybridized carbons (Fsp3) is 0.571. The molecule has 2 rings (SSSR count). The van der Waals surface area contributed by atoms with E-state index in [0.29, 0.717) is 6.54 Å². The minimum Gasteiger partial charge on any atom is -0.370 e. The number of pyridine rings is 1. The summed E-state index contributed by atoms with van der Waals surface area (Å²) >= 11 is 0. The molecule has 0 spiro atoms. The third-order valence-electron chi connectivity index (χ3n) is 3.18. The van der Waals surface area contributed by atoms with Gasteiger partial charge < -0.3 is 15.5 Å². The average molecular weight is 262 g/mol. The van der Waals surface area contributed by atoms with Gasteiger partial charge in [-0.2, -0.15) is 0 Å². The molecule has 5 nitrogen and oxygen atoms in total. The topological polar surface area (TPSA) is 57.3 Å². The Kier molecular flexibility index (Phi) is 5.01. The second-order valence-electron chi connectivity index (χ2n) is 4.78. The lowest BCUT2D eigenvalue weighted by Crippen LogP contribution is -2.33. The Morgan fingerprint density at radius 2 is 1.95 bits per heavy atom. The van der Waals surface area contributed by atoms with Crippen LogP contribution in [0.4, 0.5) is 11.6 Å². The van der Waals surface area contributed by atoms with Gasteiger partial charge in [0.2, 0.25) is 5.91 Å². The molecule has 1 aliphatic heterocycles. The van der Waals surface area contributed by atoms with Crippen molar-refractivity contribution < 1.29 is 4.79 Å². The van der Waals surface area contributed by atoms with Gasteiger partial charge in [0.1, 0.15) is 11.6 Å². The summed E-state index contributed by atoms with van der Waals surface area (Å²) in [6.07, 6.45) is 3.31. The van der Waals surface area contributed by atoms with Gasteiger partial charge in [0.05, 0.1) is 6.54 Å². The van der Waals surface area contributed by atoms with E-state index in [2.05, 4.69) is 22.5 Å². The van der Waals surface area contributed by atoms with Gasteiger partial charge in [-0.3, -0.25) is 4.79 Å². The van der Waals surface area contributed by atoms with Crippen molar-refractivity contribution in [3.8, 4) is 0 Å². The summed E-state index contributed by atoms with van der Waals surface area (Å²) in [6, 6.07) is 5.76. The Labute approximate surface area is 114 Å². The van der Waals surface area contributed by atoms with Crippen LogP contribution < -0.4 is 10.6 Å². The number of hydrogen-bond acceptors (Lipinski definition) is 4. The van der Waals surface area contributed by atoms with Gasteiger partial charge in [-0.1, -0.05) is 13.0 Å². The van der Waals surface area contributed by atoms with Crippen LogP contribution in [-0.4, -0.2) is 42.0 Å². The second kappa shape index (κ2) is 6.97. The zero-order chi connectivity index (χ0) is 13.5. The molecule has 0 saturated carbocycles. The number of amides is 1. The largest absolute Gasteiger partial charge is 0.370 e. The summed E-state index contributed by atoms with van der Waals surface area (Å²) in [6.45, 7) is 5.13. The monoisotopic (exact) mass is 262 g/mol. The number of nitrogens with one attached hydrogen (secondary N) is 2. The number of nitrogens with zero attached hydrogens (tertiary/aromatic N) is 2. The predicted octanol–water partition coefficient (Wildman–Crippen LogP) is 1.94. The number of hydrogen-bond donors (Lipinski definition) is 2. The highest BCUT2D eigenvalue weighted by molar-refractivity contribution is 5.80. The Morgan fingerprint density at radius 1 is 1.26 bits per heavy atom. The van der Waals surface area contributed by atoms with Crippen LogP contribution in [-0.2, 0) is 4.79 Å². The average Bonchev–Trinajstić information content (AvgIpc) is 2.97. The SMILES string of the molecule is CCCNc1cccc(NCC(=O)N2CCCC2)n1. The highest BCUT2D eigenvalue weighted by Crippen LogP contribution is 2.10. The van der Waals surface area contributed by atoms with Crippen LogP contribution in [0.25, 0.3) is 0 Å². The molecule has 0 bridgehead atoms. The van der Waals surface area contributed by atoms with Crippen LogP contribution in [0.5, 0.6) is 0 Å². The van der Waals surface area contributed by atoms with Gasteiger partial charge in [-0.15, -0.1) is 0 Å². The van der Waals surface area contributed by atoms with Crippen molar-refractivity contribution in [1.29, 1.82) is 0 Å². The van der Waals surface area contributed by atoms with E-state index in [0.717, 1.165) is 50.5 Å². The molecular weight excluding hydrogens is 240 g/mol. The summed E-state index contributed by atoms with van der Waals surface area (Å²) in [4.78, 5) is 18.2. The number of aromatic nitrogens is 1. The number of carbonyl (C=O) groups is 1. The number of likely N-dealkylation sites (tertiary alicyclic amines) is 1. The maximum Gasteiger partial charge on any atom is 0.241 e. The van der Waals surface area contributed by atoms with E-state index >= 15 is 0 Å². The van der Waals surface area contributed by atoms with Gasteiger partial charge in [0.25, 0.3) is 0 Å². The molecule has 1 aromatic rings. The first-order chi connectivity index (χ1) is 9.29. The third-order valence-corrected chi connectivity index (χ3v) is 3.18. The maximum absolute atomic E-state index is 11.9. The first-order valence-electron chi connectivity index (χ1n) is 7.02. The zero-order valence-corrected chi connectivity index (χ0v) is 11.5. The molecule has 1 aromatic heterocycles. The molecule has 1 aliphatic rings. The molecule has 1 amide bonds. The molecule has 2 N–H and O–H groups in total. The molecule has 1 fully saturated rings. The normalized spacial score (nSPS) is 14.5. The Bertz CT molecular complexity index is 416. The summed E-state index contributed by atoms with van der Waals surface area (Å²) in [5.74, 6) is 1.75. The smallest absolute Gasteiger partial charge is 0.241 e. The minimum absolute atomic E-state index is 0.159. The molecular formula is C14H22N4O. The predicted molar refractivity (Wildman–Crippen MR) is 77.3 cm³/mol. The van der Waals surface area contributed by atoms with Gasteiger partial charge >= 0.3 is 0 Å². The minimum atomic E-state index is 0.159. The van der Waals surface area contributed by atoms with Crippen LogP contribution >= 0.6 is 0 Å². The van der Waals surface area contributed by atoms with E-state index in [4.69, 9.17) is 0 Å². The van der Waals surface area contributed by atoms with E-state index in [1.807, 2.05) is 23.1 Å². The van der Waals surface area contributed by atoms with Crippen molar-refractivity contribution in [3.05, 3.63) is 18.2 Å². The van der Waals surface area contributed by atoms with Crippen molar-refractivity contribution in [2.75, 3.05) is 36.8 Å². The van der Waals surface area contributed by atoms with Crippen LogP contribution in [0.3, 0.4) is 0 Å². The summed E-state index contributed by atoms with van der Waals surface area (Å²) < 4.78 is 0. The third kappa shape index (κ3) is 4.12. The van der Waals surface area contributed by atoms with Gasteiger partial charge in [0.15, 0.2) is 0 Å². The molecule has 5 heteroatoms. The van der Waals surface area contributed by atoms with Crippen LogP contribution in [0.2, 0.25) is 0 Å². The lowest BCUT2D eigenvalue weighted by Gasteiger charge is -2.15. The quantitative estimate of drug-likeness (QED) is 0.822. The highest BCUT2D eigenvalue weighted by Gasteiger charge is 2.17. The molecule has 104 valence electrons. The van der Waals surface area contributed by atoms with Crippen LogP contribution in [0, 0.1) is 0 Å². The Morgan fingerprint density at radius 3 is 2.63 bits per heavy atom. The zero-order valence-electron chi connectivity index (χ0n) is 11.5. The Balaban J connectivity index is 1.83. The van der Waals surface area contributed by atoms with Gasteiger partial charge in [0, 0.05) is 19.6 Å². The van der Waals surface area contributed by atoms with Gasteiger partial charge in [-0.25, -0.2) is 4.98 Å². The van der Waals surface area contributed by atoms with Crippen molar-refractivity contribution in [2.45, 2.75) is 26.2 Å². The van der Waals surface area contributed by atoms with Crippen molar-refractivity contribution >= 4 is 17.5 Å². The first kappa shape index (κ1) is 13.6. The van der Waals surface area contributed by atoms with Crippen LogP contribution in [0.15, 0.2) is 18.2 Å². The van der Waals surface area contributed by atoms with Crippen molar-refractivity contribution in [3.63, 3.8) is 0 Å². The molecule has 0 atom stereocenters. The van der Waals surface area contributed by atoms with Gasteiger partial charge in [-0.05, 0) is 31.4 Å². The maximum atomic E-state index is 11.9. The van der Waals surface area contributed by atoms with E-state index in [1.54, 1.807) is 0 Å². The van der Waals surface area contributed by atoms with E-state index in [9.17, 15) is 4.79 Å². The molecule has 0 radical (unpaired) electrons. The molecule has 0 unspecified atom stereocenters. The number of rotatable bonds is 6. The van der Waals surface area contributed by atoms with Crippen LogP contribution in [0.1, 0.15) is 26.2 Å². The van der Waals surface area contributed by atoms with E-state index < -0.39 is 0 Å². The number of carbonyl (C=O) groups excluding carboxylic acids is 1. The lowest BCUT2D eigenvalue weighted by molar-refractivity contribution is -0.128. The molecule has 2 heterocycles. The highest BCUT2D eigenvalue weighted by atomic mass is 16.2. The molecule has 0 aliphatic carbocycles. The van der Waals surface area contributed by atoms with Crippen molar-refractivity contribution in [2.24, 2.45) is 0 Å². The fourth-order valence-corrected chi connectivity index (χ4v) is 2.13. The number of anilines is 2.